The Bertz CT molecular complexity index is 902. The van der Waals surface area contributed by atoms with Gasteiger partial charge in [-0.05, 0) is 25.1 Å². The lowest BCUT2D eigenvalue weighted by Gasteiger charge is -2.00. The van der Waals surface area contributed by atoms with Gasteiger partial charge < -0.3 is 0 Å². The van der Waals surface area contributed by atoms with Gasteiger partial charge in [0, 0.05) is 22.7 Å². The Morgan fingerprint density at radius 3 is 2.86 bits per heavy atom. The van der Waals surface area contributed by atoms with Crippen LogP contribution in [0.3, 0.4) is 0 Å². The van der Waals surface area contributed by atoms with Gasteiger partial charge in [-0.1, -0.05) is 23.7 Å². The lowest BCUT2D eigenvalue weighted by molar-refractivity contribution is -0.384. The van der Waals surface area contributed by atoms with Crippen molar-refractivity contribution in [3.63, 3.8) is 0 Å². The fourth-order valence-corrected chi connectivity index (χ4v) is 2.31. The molecular weight excluding hydrogens is 304 g/mol. The van der Waals surface area contributed by atoms with Gasteiger partial charge in [-0.3, -0.25) is 10.1 Å². The first-order chi connectivity index (χ1) is 10.6. The van der Waals surface area contributed by atoms with Crippen molar-refractivity contribution in [3.8, 4) is 0 Å². The maximum absolute atomic E-state index is 10.8. The second-order valence-electron chi connectivity index (χ2n) is 4.67. The fraction of sp³-hybridized carbons (Fsp3) is 0.0667. The largest absolute Gasteiger partial charge is 0.270 e. The van der Waals surface area contributed by atoms with E-state index in [0.717, 1.165) is 16.9 Å². The van der Waals surface area contributed by atoms with Crippen LogP contribution in [0.4, 0.5) is 5.69 Å². The average Bonchev–Trinajstić information content (AvgIpc) is 2.81. The van der Waals surface area contributed by atoms with Crippen LogP contribution in [-0.4, -0.2) is 20.8 Å². The van der Waals surface area contributed by atoms with E-state index < -0.39 is 4.92 Å². The van der Waals surface area contributed by atoms with E-state index in [9.17, 15) is 10.1 Å². The number of nitrogens with zero attached hydrogens (tertiary/aromatic N) is 4. The van der Waals surface area contributed by atoms with Gasteiger partial charge in [-0.15, -0.1) is 0 Å². The van der Waals surface area contributed by atoms with Crippen LogP contribution in [0.5, 0.6) is 0 Å². The highest BCUT2D eigenvalue weighted by Crippen LogP contribution is 2.21. The van der Waals surface area contributed by atoms with Crippen molar-refractivity contribution in [2.24, 2.45) is 5.10 Å². The molecule has 0 saturated heterocycles. The Morgan fingerprint density at radius 1 is 1.32 bits per heavy atom. The van der Waals surface area contributed by atoms with E-state index in [0.29, 0.717) is 10.6 Å². The molecule has 0 bridgehead atoms. The van der Waals surface area contributed by atoms with Gasteiger partial charge >= 0.3 is 0 Å². The second kappa shape index (κ2) is 5.57. The summed E-state index contributed by atoms with van der Waals surface area (Å²) in [5, 5.41) is 15.6. The maximum Gasteiger partial charge on any atom is 0.270 e. The minimum Gasteiger partial charge on any atom is -0.258 e. The third-order valence-electron chi connectivity index (χ3n) is 3.20. The van der Waals surface area contributed by atoms with Crippen molar-refractivity contribution in [3.05, 3.63) is 69.0 Å². The van der Waals surface area contributed by atoms with Crippen LogP contribution < -0.4 is 0 Å². The molecule has 0 amide bonds. The molecule has 2 aromatic carbocycles. The Balaban J connectivity index is 2.05. The second-order valence-corrected chi connectivity index (χ2v) is 5.07. The molecular formula is C15H11ClN4O2. The first kappa shape index (κ1) is 14.2. The fourth-order valence-electron chi connectivity index (χ4n) is 2.14. The molecule has 0 unspecified atom stereocenters. The Kier molecular flexibility index (Phi) is 3.60. The van der Waals surface area contributed by atoms with E-state index in [4.69, 9.17) is 11.6 Å². The topological polar surface area (TPSA) is 73.3 Å². The van der Waals surface area contributed by atoms with Crippen LogP contribution in [0.2, 0.25) is 5.02 Å². The molecule has 110 valence electrons. The number of nitro benzene ring substituents is 1. The van der Waals surface area contributed by atoms with Crippen LogP contribution in [0.15, 0.2) is 47.6 Å². The number of nitro groups is 1. The van der Waals surface area contributed by atoms with Crippen molar-refractivity contribution in [1.82, 2.24) is 9.66 Å². The summed E-state index contributed by atoms with van der Waals surface area (Å²) in [7, 11) is 0. The lowest BCUT2D eigenvalue weighted by atomic mass is 10.2. The first-order valence-corrected chi connectivity index (χ1v) is 6.86. The molecule has 0 atom stereocenters. The highest BCUT2D eigenvalue weighted by Gasteiger charge is 2.09. The number of non-ortho nitro benzene ring substituents is 1. The highest BCUT2D eigenvalue weighted by molar-refractivity contribution is 6.33. The highest BCUT2D eigenvalue weighted by atomic mass is 35.5. The van der Waals surface area contributed by atoms with Gasteiger partial charge in [-0.2, -0.15) is 5.10 Å². The van der Waals surface area contributed by atoms with E-state index in [2.05, 4.69) is 10.1 Å². The molecule has 0 radical (unpaired) electrons. The lowest BCUT2D eigenvalue weighted by Crippen LogP contribution is -1.95. The summed E-state index contributed by atoms with van der Waals surface area (Å²) >= 11 is 6.06. The van der Waals surface area contributed by atoms with Crippen LogP contribution >= 0.6 is 11.6 Å². The first-order valence-electron chi connectivity index (χ1n) is 6.48. The van der Waals surface area contributed by atoms with Crippen molar-refractivity contribution in [2.45, 2.75) is 6.92 Å². The third-order valence-corrected chi connectivity index (χ3v) is 3.55. The quantitative estimate of drug-likeness (QED) is 0.419. The van der Waals surface area contributed by atoms with E-state index in [1.54, 1.807) is 4.68 Å². The van der Waals surface area contributed by atoms with Gasteiger partial charge in [0.15, 0.2) is 0 Å². The number of rotatable bonds is 3. The van der Waals surface area contributed by atoms with Gasteiger partial charge in [0.05, 0.1) is 22.2 Å². The van der Waals surface area contributed by atoms with Crippen LogP contribution in [0, 0.1) is 17.0 Å². The smallest absolute Gasteiger partial charge is 0.258 e. The summed E-state index contributed by atoms with van der Waals surface area (Å²) in [6.45, 7) is 1.84. The minimum absolute atomic E-state index is 0.0296. The zero-order chi connectivity index (χ0) is 15.7. The van der Waals surface area contributed by atoms with Crippen molar-refractivity contribution in [1.29, 1.82) is 0 Å². The predicted molar refractivity (Wildman–Crippen MR) is 85.6 cm³/mol. The zero-order valence-corrected chi connectivity index (χ0v) is 12.4. The normalized spacial score (nSPS) is 11.4. The van der Waals surface area contributed by atoms with Crippen molar-refractivity contribution >= 4 is 34.5 Å². The SMILES string of the molecule is Cc1nc2ccccc2n1/N=C/c1cc([N+](=O)[O-])ccc1Cl. The number of benzene rings is 2. The zero-order valence-electron chi connectivity index (χ0n) is 11.6. The van der Waals surface area contributed by atoms with Crippen LogP contribution in [0.1, 0.15) is 11.4 Å². The predicted octanol–water partition coefficient (Wildman–Crippen LogP) is 3.79. The van der Waals surface area contributed by atoms with E-state index in [1.807, 2.05) is 31.2 Å². The standard InChI is InChI=1S/C15H11ClN4O2/c1-10-18-14-4-2-3-5-15(14)19(10)17-9-11-8-12(20(21)22)6-7-13(11)16/h2-9H,1H3/b17-9+. The molecule has 7 heteroatoms. The van der Waals surface area contributed by atoms with Gasteiger partial charge in [0.2, 0.25) is 0 Å². The molecule has 1 heterocycles. The summed E-state index contributed by atoms with van der Waals surface area (Å²) in [5.74, 6) is 0.721. The Labute approximate surface area is 130 Å². The van der Waals surface area contributed by atoms with E-state index in [-0.39, 0.29) is 5.69 Å². The molecule has 0 aliphatic rings. The molecule has 6 nitrogen and oxygen atoms in total. The number of para-hydroxylation sites is 2. The molecule has 0 spiro atoms. The molecule has 3 aromatic rings. The third kappa shape index (κ3) is 2.56. The summed E-state index contributed by atoms with van der Waals surface area (Å²) in [6.07, 6.45) is 1.50. The molecule has 3 rings (SSSR count). The van der Waals surface area contributed by atoms with E-state index >= 15 is 0 Å². The summed E-state index contributed by atoms with van der Waals surface area (Å²) in [4.78, 5) is 14.8. The van der Waals surface area contributed by atoms with E-state index in [1.165, 1.54) is 24.4 Å². The number of imidazole rings is 1. The summed E-state index contributed by atoms with van der Waals surface area (Å²) < 4.78 is 1.67. The van der Waals surface area contributed by atoms with Crippen LogP contribution in [-0.2, 0) is 0 Å². The Morgan fingerprint density at radius 2 is 2.09 bits per heavy atom. The molecule has 0 aliphatic carbocycles. The molecule has 0 fully saturated rings. The van der Waals surface area contributed by atoms with Crippen molar-refractivity contribution < 1.29 is 4.92 Å². The number of halogens is 1. The molecule has 22 heavy (non-hydrogen) atoms. The minimum atomic E-state index is -0.467. The molecule has 0 N–H and O–H groups in total. The van der Waals surface area contributed by atoms with Crippen LogP contribution in [0.25, 0.3) is 11.0 Å². The monoisotopic (exact) mass is 314 g/mol. The number of fused-ring (bicyclic) bond motifs is 1. The average molecular weight is 315 g/mol. The molecule has 1 aromatic heterocycles. The Hall–Kier alpha value is -2.73. The van der Waals surface area contributed by atoms with Gasteiger partial charge in [-0.25, -0.2) is 9.66 Å². The molecule has 0 aliphatic heterocycles. The maximum atomic E-state index is 10.8. The van der Waals surface area contributed by atoms with Gasteiger partial charge in [0.1, 0.15) is 5.82 Å². The summed E-state index contributed by atoms with van der Waals surface area (Å²) in [6, 6.07) is 11.8. The summed E-state index contributed by atoms with van der Waals surface area (Å²) in [5.41, 5.74) is 2.14. The molecule has 0 saturated carbocycles. The van der Waals surface area contributed by atoms with Crippen molar-refractivity contribution in [2.75, 3.05) is 0 Å². The number of aromatic nitrogens is 2. The number of hydrogen-bond donors (Lipinski definition) is 0. The number of hydrogen-bond acceptors (Lipinski definition) is 4. The van der Waals surface area contributed by atoms with Gasteiger partial charge in [0.25, 0.3) is 5.69 Å². The number of aryl methyl sites for hydroxylation is 1.